The number of H-pyrrole nitrogens is 2. The molecule has 2 aromatic heterocycles. The number of carbonyl (C=O) groups excluding carboxylic acids is 4. The molecule has 3 atom stereocenters. The lowest BCUT2D eigenvalue weighted by atomic mass is 10.0. The number of benzene rings is 2. The van der Waals surface area contributed by atoms with Gasteiger partial charge in [-0.1, -0.05) is 55.5 Å². The summed E-state index contributed by atoms with van der Waals surface area (Å²) in [7, 11) is 2.48. The van der Waals surface area contributed by atoms with Gasteiger partial charge in [0, 0.05) is 18.7 Å². The number of alkyl carbamates (subject to hydrolysis) is 2. The van der Waals surface area contributed by atoms with Gasteiger partial charge in [-0.3, -0.25) is 9.59 Å². The number of carbonyl (C=O) groups is 4. The Balaban J connectivity index is 1.04. The molecule has 17 heteroatoms. The second-order valence-corrected chi connectivity index (χ2v) is 15.1. The summed E-state index contributed by atoms with van der Waals surface area (Å²) in [6.07, 6.45) is 0.957. The predicted molar refractivity (Wildman–Crippen MR) is 206 cm³/mol. The number of halogens is 3. The summed E-state index contributed by atoms with van der Waals surface area (Å²) >= 11 is 0. The van der Waals surface area contributed by atoms with Crippen LogP contribution in [0, 0.1) is 11.8 Å². The Bertz CT molecular complexity index is 2110. The van der Waals surface area contributed by atoms with E-state index in [0.717, 1.165) is 60.9 Å². The molecule has 3 aliphatic rings. The van der Waals surface area contributed by atoms with Crippen LogP contribution >= 0.6 is 0 Å². The average Bonchev–Trinajstić information content (AvgIpc) is 4.09. The highest BCUT2D eigenvalue weighted by Crippen LogP contribution is 2.39. The fraction of sp³-hybridized carbons (Fsp3) is 0.463. The van der Waals surface area contributed by atoms with Crippen LogP contribution in [0.25, 0.3) is 33.6 Å². The number of nitrogens with zero attached hydrogens (tertiary/aromatic N) is 4. The maximum atomic E-state index is 14.3. The van der Waals surface area contributed by atoms with Gasteiger partial charge in [0.2, 0.25) is 11.8 Å². The van der Waals surface area contributed by atoms with E-state index in [2.05, 4.69) is 30.6 Å². The van der Waals surface area contributed by atoms with Crippen molar-refractivity contribution in [2.75, 3.05) is 27.3 Å². The molecular formula is C41H47F3N8O6. The maximum Gasteiger partial charge on any atom is 0.433 e. The van der Waals surface area contributed by atoms with E-state index >= 15 is 0 Å². The van der Waals surface area contributed by atoms with E-state index in [1.165, 1.54) is 19.1 Å². The van der Waals surface area contributed by atoms with Crippen LogP contribution in [0.3, 0.4) is 0 Å². The van der Waals surface area contributed by atoms with Crippen molar-refractivity contribution in [3.8, 4) is 33.6 Å². The monoisotopic (exact) mass is 804 g/mol. The summed E-state index contributed by atoms with van der Waals surface area (Å²) in [5.74, 6) is 0.141. The van der Waals surface area contributed by atoms with E-state index in [1.54, 1.807) is 35.4 Å². The Morgan fingerprint density at radius 1 is 0.845 bits per heavy atom. The number of rotatable bonds is 14. The first-order chi connectivity index (χ1) is 27.9. The minimum absolute atomic E-state index is 0.0244. The van der Waals surface area contributed by atoms with Crippen molar-refractivity contribution < 1.29 is 41.8 Å². The van der Waals surface area contributed by atoms with Crippen LogP contribution in [0.1, 0.15) is 75.3 Å². The Morgan fingerprint density at radius 2 is 1.41 bits per heavy atom. The molecule has 4 amide bonds. The molecule has 0 spiro atoms. The van der Waals surface area contributed by atoms with Crippen molar-refractivity contribution in [2.24, 2.45) is 11.8 Å². The van der Waals surface area contributed by atoms with Gasteiger partial charge in [0.1, 0.15) is 35.1 Å². The van der Waals surface area contributed by atoms with Crippen LogP contribution in [-0.4, -0.2) is 93.1 Å². The number of ether oxygens (including phenoxy) is 2. The van der Waals surface area contributed by atoms with Gasteiger partial charge in [-0.2, -0.15) is 13.2 Å². The topological polar surface area (TPSA) is 175 Å². The van der Waals surface area contributed by atoms with Gasteiger partial charge < -0.3 is 39.9 Å². The molecule has 0 radical (unpaired) electrons. The van der Waals surface area contributed by atoms with Crippen molar-refractivity contribution in [1.29, 1.82) is 0 Å². The Kier molecular flexibility index (Phi) is 11.8. The lowest BCUT2D eigenvalue weighted by Crippen LogP contribution is -2.49. The van der Waals surface area contributed by atoms with E-state index < -0.39 is 42.0 Å². The highest BCUT2D eigenvalue weighted by Gasteiger charge is 2.44. The van der Waals surface area contributed by atoms with Crippen LogP contribution in [0.15, 0.2) is 54.7 Å². The standard InChI is InChI=1S/C41H47F3N8O6/c1-4-19-51(37(53)33(27-15-16-27)49-39(55)57-2)22-31-47-32(35(48-31)41(42,43)44)26-13-9-24(10-14-26)23-7-11-25(12-8-23)29-21-45-36(46-29)30-6-5-20-52(30)38(54)34(28-17-18-28)50-40(56)58-3/h7-14,21,27-28,30,33-34H,4-6,15-20,22H2,1-3H3,(H,45,46)(H,47,48)(H,49,55)(H,50,56). The molecule has 14 nitrogen and oxygen atoms in total. The molecule has 0 bridgehead atoms. The maximum absolute atomic E-state index is 14.3. The highest BCUT2D eigenvalue weighted by molar-refractivity contribution is 5.87. The van der Waals surface area contributed by atoms with Crippen LogP contribution in [-0.2, 0) is 31.8 Å². The minimum Gasteiger partial charge on any atom is -0.453 e. The lowest BCUT2D eigenvalue weighted by molar-refractivity contribution is -0.140. The number of amides is 4. The summed E-state index contributed by atoms with van der Waals surface area (Å²) < 4.78 is 52.5. The number of alkyl halides is 3. The molecule has 2 aliphatic carbocycles. The molecule has 2 saturated carbocycles. The molecule has 3 fully saturated rings. The smallest absolute Gasteiger partial charge is 0.433 e. The Hall–Kier alpha value is -5.87. The third-order valence-electron chi connectivity index (χ3n) is 11.0. The van der Waals surface area contributed by atoms with Gasteiger partial charge in [-0.05, 0) is 73.5 Å². The molecule has 4 N–H and O–H groups in total. The number of imidazole rings is 2. The summed E-state index contributed by atoms with van der Waals surface area (Å²) in [4.78, 5) is 69.0. The van der Waals surface area contributed by atoms with Crippen molar-refractivity contribution in [3.05, 3.63) is 72.1 Å². The van der Waals surface area contributed by atoms with Gasteiger partial charge in [-0.25, -0.2) is 19.6 Å². The summed E-state index contributed by atoms with van der Waals surface area (Å²) in [6.45, 7) is 2.48. The second kappa shape index (κ2) is 16.9. The third-order valence-corrected chi connectivity index (χ3v) is 11.0. The van der Waals surface area contributed by atoms with Crippen LogP contribution in [0.5, 0.6) is 0 Å². The van der Waals surface area contributed by atoms with E-state index in [-0.39, 0.29) is 54.0 Å². The summed E-state index contributed by atoms with van der Waals surface area (Å²) in [5.41, 5.74) is 2.20. The fourth-order valence-electron chi connectivity index (χ4n) is 7.63. The molecule has 3 unspecified atom stereocenters. The first-order valence-corrected chi connectivity index (χ1v) is 19.6. The van der Waals surface area contributed by atoms with Crippen LogP contribution < -0.4 is 10.6 Å². The van der Waals surface area contributed by atoms with Crippen LogP contribution in [0.2, 0.25) is 0 Å². The van der Waals surface area contributed by atoms with Crippen molar-refractivity contribution >= 4 is 24.0 Å². The van der Waals surface area contributed by atoms with Crippen molar-refractivity contribution in [1.82, 2.24) is 40.4 Å². The van der Waals surface area contributed by atoms with E-state index in [0.29, 0.717) is 18.8 Å². The zero-order valence-electron chi connectivity index (χ0n) is 32.5. The average molecular weight is 805 g/mol. The fourth-order valence-corrected chi connectivity index (χ4v) is 7.63. The Labute approximate surface area is 333 Å². The number of likely N-dealkylation sites (tertiary alicyclic amines) is 1. The molecular weight excluding hydrogens is 757 g/mol. The van der Waals surface area contributed by atoms with Gasteiger partial charge in [0.15, 0.2) is 0 Å². The van der Waals surface area contributed by atoms with Crippen molar-refractivity contribution in [3.63, 3.8) is 0 Å². The minimum atomic E-state index is -4.74. The normalized spacial score (nSPS) is 17.7. The van der Waals surface area contributed by atoms with Crippen LogP contribution in [0.4, 0.5) is 22.8 Å². The van der Waals surface area contributed by atoms with Gasteiger partial charge in [0.05, 0.1) is 38.7 Å². The summed E-state index contributed by atoms with van der Waals surface area (Å²) in [6, 6.07) is 12.6. The van der Waals surface area contributed by atoms with E-state index in [4.69, 9.17) is 9.47 Å². The molecule has 4 aromatic rings. The lowest BCUT2D eigenvalue weighted by Gasteiger charge is -2.28. The first kappa shape index (κ1) is 40.3. The second-order valence-electron chi connectivity index (χ2n) is 15.1. The molecule has 2 aromatic carbocycles. The molecule has 1 saturated heterocycles. The number of aromatic amines is 2. The molecule has 7 rings (SSSR count). The zero-order chi connectivity index (χ0) is 41.1. The van der Waals surface area contributed by atoms with Gasteiger partial charge >= 0.3 is 18.4 Å². The molecule has 3 heterocycles. The predicted octanol–water partition coefficient (Wildman–Crippen LogP) is 6.82. The van der Waals surface area contributed by atoms with E-state index in [9.17, 15) is 32.3 Å². The van der Waals surface area contributed by atoms with Gasteiger partial charge in [0.25, 0.3) is 0 Å². The first-order valence-electron chi connectivity index (χ1n) is 19.6. The van der Waals surface area contributed by atoms with Crippen molar-refractivity contribution in [2.45, 2.75) is 82.7 Å². The number of nitrogens with one attached hydrogen (secondary N) is 4. The molecule has 1 aliphatic heterocycles. The molecule has 308 valence electrons. The third kappa shape index (κ3) is 8.97. The number of methoxy groups -OCH3 is 2. The van der Waals surface area contributed by atoms with E-state index in [1.807, 2.05) is 31.2 Å². The number of hydrogen-bond acceptors (Lipinski definition) is 8. The largest absolute Gasteiger partial charge is 0.453 e. The Morgan fingerprint density at radius 3 is 1.98 bits per heavy atom. The number of hydrogen-bond donors (Lipinski definition) is 4. The SMILES string of the molecule is CCCN(Cc1nc(-c2ccc(-c3ccc(-c4cnc(C5CCCN5C(=O)C(NC(=O)OC)C5CC5)[nH]4)cc3)cc2)c(C(F)(F)F)[nH]1)C(=O)C(NC(=O)OC)C1CC1. The zero-order valence-corrected chi connectivity index (χ0v) is 32.5. The highest BCUT2D eigenvalue weighted by atomic mass is 19.4. The summed E-state index contributed by atoms with van der Waals surface area (Å²) in [5, 5.41) is 5.30. The van der Waals surface area contributed by atoms with Gasteiger partial charge in [-0.15, -0.1) is 0 Å². The molecule has 58 heavy (non-hydrogen) atoms. The quantitative estimate of drug-likeness (QED) is 0.107. The number of aromatic nitrogens is 4.